The van der Waals surface area contributed by atoms with Gasteiger partial charge < -0.3 is 5.73 Å². The number of benzene rings is 3. The fourth-order valence-corrected chi connectivity index (χ4v) is 5.30. The van der Waals surface area contributed by atoms with E-state index in [4.69, 9.17) is 5.73 Å². The first-order valence-electron chi connectivity index (χ1n) is 9.75. The zero-order chi connectivity index (χ0) is 20.3. The first kappa shape index (κ1) is 19.6. The lowest BCUT2D eigenvalue weighted by Crippen LogP contribution is -2.49. The fourth-order valence-electron chi connectivity index (χ4n) is 3.88. The Kier molecular flexibility index (Phi) is 5.67. The average Bonchev–Trinajstić information content (AvgIpc) is 2.76. The molecule has 1 heterocycles. The number of nitrogens with two attached hydrogens (primary N) is 1. The summed E-state index contributed by atoms with van der Waals surface area (Å²) in [6.07, 6.45) is 0. The molecule has 0 aliphatic carbocycles. The molecule has 3 aromatic rings. The summed E-state index contributed by atoms with van der Waals surface area (Å²) in [5, 5.41) is 0. The molecule has 3 aromatic carbocycles. The van der Waals surface area contributed by atoms with Crippen LogP contribution in [0, 0.1) is 0 Å². The molecule has 0 atom stereocenters. The third-order valence-corrected chi connectivity index (χ3v) is 7.30. The maximum atomic E-state index is 13.0. The number of anilines is 1. The fraction of sp³-hybridized carbons (Fsp3) is 0.217. The summed E-state index contributed by atoms with van der Waals surface area (Å²) in [5.74, 6) is 0. The molecule has 0 bridgehead atoms. The molecule has 0 aromatic heterocycles. The lowest BCUT2D eigenvalue weighted by Gasteiger charge is -2.39. The van der Waals surface area contributed by atoms with Crippen LogP contribution in [0.3, 0.4) is 0 Å². The predicted octanol–water partition coefficient (Wildman–Crippen LogP) is 3.36. The van der Waals surface area contributed by atoms with E-state index >= 15 is 0 Å². The van der Waals surface area contributed by atoms with Gasteiger partial charge in [0.2, 0.25) is 10.0 Å². The molecular weight excluding hydrogens is 382 g/mol. The van der Waals surface area contributed by atoms with Crippen LogP contribution in [-0.4, -0.2) is 43.8 Å². The number of nitrogens with zero attached hydrogens (tertiary/aromatic N) is 2. The van der Waals surface area contributed by atoms with Crippen LogP contribution in [0.15, 0.2) is 89.8 Å². The predicted molar refractivity (Wildman–Crippen MR) is 116 cm³/mol. The minimum atomic E-state index is -3.51. The normalized spacial score (nSPS) is 16.2. The van der Waals surface area contributed by atoms with Gasteiger partial charge in [0.1, 0.15) is 0 Å². The van der Waals surface area contributed by atoms with Crippen LogP contribution >= 0.6 is 0 Å². The Morgan fingerprint density at radius 3 is 1.66 bits per heavy atom. The van der Waals surface area contributed by atoms with Crippen molar-refractivity contribution in [3.05, 3.63) is 96.1 Å². The highest BCUT2D eigenvalue weighted by atomic mass is 32.2. The molecule has 1 aliphatic heterocycles. The summed E-state index contributed by atoms with van der Waals surface area (Å²) in [7, 11) is -3.51. The van der Waals surface area contributed by atoms with Gasteiger partial charge in [0.15, 0.2) is 0 Å². The summed E-state index contributed by atoms with van der Waals surface area (Å²) in [6, 6.07) is 27.3. The molecule has 1 fully saturated rings. The van der Waals surface area contributed by atoms with Crippen molar-refractivity contribution in [2.45, 2.75) is 10.9 Å². The van der Waals surface area contributed by atoms with E-state index in [1.165, 1.54) is 11.1 Å². The minimum absolute atomic E-state index is 0.110. The summed E-state index contributed by atoms with van der Waals surface area (Å²) in [4.78, 5) is 2.66. The zero-order valence-corrected chi connectivity index (χ0v) is 17.0. The van der Waals surface area contributed by atoms with Gasteiger partial charge in [-0.15, -0.1) is 0 Å². The van der Waals surface area contributed by atoms with Crippen molar-refractivity contribution in [3.8, 4) is 0 Å². The van der Waals surface area contributed by atoms with Crippen LogP contribution in [0.5, 0.6) is 0 Å². The summed E-state index contributed by atoms with van der Waals surface area (Å²) in [5.41, 5.74) is 8.69. The molecule has 29 heavy (non-hydrogen) atoms. The van der Waals surface area contributed by atoms with Crippen molar-refractivity contribution >= 4 is 15.7 Å². The molecule has 1 aliphatic rings. The molecular formula is C23H25N3O2S. The molecule has 4 rings (SSSR count). The third-order valence-electron chi connectivity index (χ3n) is 5.39. The minimum Gasteiger partial charge on any atom is -0.399 e. The SMILES string of the molecule is Nc1ccc(S(=O)(=O)N2CCN(C(c3ccccc3)c3ccccc3)CC2)cc1. The van der Waals surface area contributed by atoms with Crippen molar-refractivity contribution in [2.75, 3.05) is 31.9 Å². The largest absolute Gasteiger partial charge is 0.399 e. The van der Waals surface area contributed by atoms with E-state index in [0.29, 0.717) is 36.8 Å². The van der Waals surface area contributed by atoms with Gasteiger partial charge in [-0.1, -0.05) is 60.7 Å². The van der Waals surface area contributed by atoms with E-state index in [2.05, 4.69) is 29.2 Å². The number of sulfonamides is 1. The molecule has 150 valence electrons. The number of hydrogen-bond donors (Lipinski definition) is 1. The topological polar surface area (TPSA) is 66.6 Å². The Hall–Kier alpha value is -2.67. The number of piperazine rings is 1. The molecule has 0 radical (unpaired) electrons. The quantitative estimate of drug-likeness (QED) is 0.659. The summed E-state index contributed by atoms with van der Waals surface area (Å²) in [6.45, 7) is 2.26. The zero-order valence-electron chi connectivity index (χ0n) is 16.2. The maximum absolute atomic E-state index is 13.0. The van der Waals surface area contributed by atoms with Gasteiger partial charge in [-0.25, -0.2) is 8.42 Å². The second kappa shape index (κ2) is 8.37. The van der Waals surface area contributed by atoms with Crippen molar-refractivity contribution in [2.24, 2.45) is 0 Å². The molecule has 2 N–H and O–H groups in total. The second-order valence-electron chi connectivity index (χ2n) is 7.23. The van der Waals surface area contributed by atoms with Crippen molar-refractivity contribution in [1.29, 1.82) is 0 Å². The van der Waals surface area contributed by atoms with E-state index in [9.17, 15) is 8.42 Å². The molecule has 5 nitrogen and oxygen atoms in total. The van der Waals surface area contributed by atoms with E-state index in [0.717, 1.165) is 0 Å². The van der Waals surface area contributed by atoms with Gasteiger partial charge in [-0.3, -0.25) is 4.90 Å². The van der Waals surface area contributed by atoms with Crippen molar-refractivity contribution in [3.63, 3.8) is 0 Å². The average molecular weight is 408 g/mol. The maximum Gasteiger partial charge on any atom is 0.243 e. The highest BCUT2D eigenvalue weighted by Gasteiger charge is 2.32. The Labute approximate surface area is 172 Å². The lowest BCUT2D eigenvalue weighted by molar-refractivity contribution is 0.156. The van der Waals surface area contributed by atoms with E-state index < -0.39 is 10.0 Å². The van der Waals surface area contributed by atoms with Gasteiger partial charge in [-0.2, -0.15) is 4.31 Å². The number of hydrogen-bond acceptors (Lipinski definition) is 4. The van der Waals surface area contributed by atoms with Crippen molar-refractivity contribution < 1.29 is 8.42 Å². The van der Waals surface area contributed by atoms with Gasteiger partial charge in [-0.05, 0) is 35.4 Å². The Morgan fingerprint density at radius 1 is 0.690 bits per heavy atom. The van der Waals surface area contributed by atoms with Crippen molar-refractivity contribution in [1.82, 2.24) is 9.21 Å². The molecule has 0 saturated carbocycles. The van der Waals surface area contributed by atoms with Gasteiger partial charge in [0.05, 0.1) is 10.9 Å². The summed E-state index contributed by atoms with van der Waals surface area (Å²) < 4.78 is 27.5. The van der Waals surface area contributed by atoms with Crippen LogP contribution in [0.1, 0.15) is 17.2 Å². The second-order valence-corrected chi connectivity index (χ2v) is 9.17. The smallest absolute Gasteiger partial charge is 0.243 e. The highest BCUT2D eigenvalue weighted by molar-refractivity contribution is 7.89. The van der Waals surface area contributed by atoms with E-state index in [1.807, 2.05) is 36.4 Å². The van der Waals surface area contributed by atoms with Crippen LogP contribution in [0.25, 0.3) is 0 Å². The highest BCUT2D eigenvalue weighted by Crippen LogP contribution is 2.30. The molecule has 0 unspecified atom stereocenters. The number of nitrogen functional groups attached to an aromatic ring is 1. The molecule has 0 amide bonds. The van der Waals surface area contributed by atoms with Crippen LogP contribution < -0.4 is 5.73 Å². The third kappa shape index (κ3) is 4.19. The van der Waals surface area contributed by atoms with Gasteiger partial charge in [0, 0.05) is 31.9 Å². The summed E-state index contributed by atoms with van der Waals surface area (Å²) >= 11 is 0. The monoisotopic (exact) mass is 407 g/mol. The Balaban J connectivity index is 1.55. The molecule has 1 saturated heterocycles. The van der Waals surface area contributed by atoms with E-state index in [-0.39, 0.29) is 6.04 Å². The van der Waals surface area contributed by atoms with Gasteiger partial charge >= 0.3 is 0 Å². The molecule has 0 spiro atoms. The van der Waals surface area contributed by atoms with Crippen LogP contribution in [0.4, 0.5) is 5.69 Å². The molecule has 6 heteroatoms. The van der Waals surface area contributed by atoms with Gasteiger partial charge in [0.25, 0.3) is 0 Å². The standard InChI is InChI=1S/C23H25N3O2S/c24-21-11-13-22(14-12-21)29(27,28)26-17-15-25(16-18-26)23(19-7-3-1-4-8-19)20-9-5-2-6-10-20/h1-14,23H,15-18,24H2. The van der Waals surface area contributed by atoms with Crippen LogP contribution in [-0.2, 0) is 10.0 Å². The Bertz CT molecular complexity index is 991. The first-order chi connectivity index (χ1) is 14.1. The first-order valence-corrected chi connectivity index (χ1v) is 11.2. The lowest BCUT2D eigenvalue weighted by atomic mass is 9.96. The van der Waals surface area contributed by atoms with Crippen LogP contribution in [0.2, 0.25) is 0 Å². The Morgan fingerprint density at radius 2 is 1.17 bits per heavy atom. The number of rotatable bonds is 5. The van der Waals surface area contributed by atoms with E-state index in [1.54, 1.807) is 28.6 Å².